The Labute approximate surface area is 95.9 Å². The molecule has 4 heteroatoms. The van der Waals surface area contributed by atoms with E-state index in [-0.39, 0.29) is 5.92 Å². The molecule has 1 atom stereocenters. The van der Waals surface area contributed by atoms with Gasteiger partial charge in [0.05, 0.1) is 5.92 Å². The lowest BCUT2D eigenvalue weighted by Gasteiger charge is -2.23. The summed E-state index contributed by atoms with van der Waals surface area (Å²) in [4.78, 5) is 17.1. The van der Waals surface area contributed by atoms with Crippen LogP contribution in [0.1, 0.15) is 19.4 Å². The minimum atomic E-state index is -0.773. The highest BCUT2D eigenvalue weighted by atomic mass is 16.4. The summed E-state index contributed by atoms with van der Waals surface area (Å²) in [7, 11) is 0. The maximum atomic E-state index is 10.8. The van der Waals surface area contributed by atoms with Crippen LogP contribution in [0.15, 0.2) is 18.3 Å². The topological polar surface area (TPSA) is 53.4 Å². The summed E-state index contributed by atoms with van der Waals surface area (Å²) in [6, 6.07) is 3.91. The van der Waals surface area contributed by atoms with Gasteiger partial charge in [0, 0.05) is 19.3 Å². The zero-order valence-corrected chi connectivity index (χ0v) is 9.97. The van der Waals surface area contributed by atoms with Gasteiger partial charge in [-0.15, -0.1) is 0 Å². The lowest BCUT2D eigenvalue weighted by Crippen LogP contribution is -2.32. The molecule has 0 spiro atoms. The molecule has 1 N–H and O–H groups in total. The van der Waals surface area contributed by atoms with Gasteiger partial charge >= 0.3 is 5.97 Å². The van der Waals surface area contributed by atoms with Crippen molar-refractivity contribution in [3.63, 3.8) is 0 Å². The van der Waals surface area contributed by atoms with Crippen LogP contribution in [0, 0.1) is 12.8 Å². The van der Waals surface area contributed by atoms with Crippen molar-refractivity contribution in [3.8, 4) is 0 Å². The zero-order chi connectivity index (χ0) is 12.1. The van der Waals surface area contributed by atoms with Crippen LogP contribution in [0.5, 0.6) is 0 Å². The predicted molar refractivity (Wildman–Crippen MR) is 63.7 cm³/mol. The highest BCUT2D eigenvalue weighted by Crippen LogP contribution is 2.12. The van der Waals surface area contributed by atoms with Gasteiger partial charge in [0.1, 0.15) is 5.82 Å². The number of nitrogens with zero attached hydrogens (tertiary/aromatic N) is 2. The molecule has 4 nitrogen and oxygen atoms in total. The van der Waals surface area contributed by atoms with E-state index in [1.165, 1.54) is 0 Å². The van der Waals surface area contributed by atoms with Crippen molar-refractivity contribution in [2.75, 3.05) is 18.0 Å². The van der Waals surface area contributed by atoms with Crippen molar-refractivity contribution < 1.29 is 9.90 Å². The molecule has 1 unspecified atom stereocenters. The van der Waals surface area contributed by atoms with Crippen LogP contribution in [0.3, 0.4) is 0 Å². The summed E-state index contributed by atoms with van der Waals surface area (Å²) < 4.78 is 0. The minimum absolute atomic E-state index is 0.386. The van der Waals surface area contributed by atoms with E-state index in [1.54, 1.807) is 13.1 Å². The fourth-order valence-electron chi connectivity index (χ4n) is 1.44. The molecular weight excluding hydrogens is 204 g/mol. The SMILES string of the molecule is CCN(CC(C)C(=O)O)c1ccc(C)cn1. The molecule has 1 heterocycles. The van der Waals surface area contributed by atoms with E-state index in [0.29, 0.717) is 6.54 Å². The normalized spacial score (nSPS) is 12.2. The number of aryl methyl sites for hydroxylation is 1. The minimum Gasteiger partial charge on any atom is -0.481 e. The first-order valence-corrected chi connectivity index (χ1v) is 5.45. The molecule has 0 aliphatic heterocycles. The Morgan fingerprint density at radius 3 is 2.69 bits per heavy atom. The number of anilines is 1. The molecule has 16 heavy (non-hydrogen) atoms. The zero-order valence-electron chi connectivity index (χ0n) is 9.97. The third kappa shape index (κ3) is 3.22. The average Bonchev–Trinajstić information content (AvgIpc) is 2.26. The highest BCUT2D eigenvalue weighted by molar-refractivity contribution is 5.70. The van der Waals surface area contributed by atoms with E-state index in [1.807, 2.05) is 30.9 Å². The van der Waals surface area contributed by atoms with E-state index < -0.39 is 5.97 Å². The average molecular weight is 222 g/mol. The lowest BCUT2D eigenvalue weighted by atomic mass is 10.1. The molecule has 1 aromatic rings. The standard InChI is InChI=1S/C12H18N2O2/c1-4-14(8-10(3)12(15)16)11-6-5-9(2)7-13-11/h5-7,10H,4,8H2,1-3H3,(H,15,16). The van der Waals surface area contributed by atoms with Crippen molar-refractivity contribution >= 4 is 11.8 Å². The molecule has 0 amide bonds. The fraction of sp³-hybridized carbons (Fsp3) is 0.500. The first kappa shape index (κ1) is 12.5. The number of aromatic nitrogens is 1. The number of rotatable bonds is 5. The van der Waals surface area contributed by atoms with Gasteiger partial charge < -0.3 is 10.0 Å². The van der Waals surface area contributed by atoms with Crippen LogP contribution in [-0.2, 0) is 4.79 Å². The molecule has 0 bridgehead atoms. The Morgan fingerprint density at radius 1 is 1.56 bits per heavy atom. The molecule has 0 fully saturated rings. The van der Waals surface area contributed by atoms with Crippen LogP contribution < -0.4 is 4.90 Å². The molecular formula is C12H18N2O2. The Hall–Kier alpha value is -1.58. The predicted octanol–water partition coefficient (Wildman–Crippen LogP) is 1.94. The van der Waals surface area contributed by atoms with Gasteiger partial charge in [-0.05, 0) is 25.5 Å². The van der Waals surface area contributed by atoms with Gasteiger partial charge in [0.2, 0.25) is 0 Å². The van der Waals surface area contributed by atoms with Crippen LogP contribution in [0.4, 0.5) is 5.82 Å². The number of carboxylic acid groups (broad SMARTS) is 1. The number of carboxylic acids is 1. The second-order valence-electron chi connectivity index (χ2n) is 3.97. The lowest BCUT2D eigenvalue weighted by molar-refractivity contribution is -0.140. The Morgan fingerprint density at radius 2 is 2.25 bits per heavy atom. The second kappa shape index (κ2) is 5.49. The smallest absolute Gasteiger partial charge is 0.308 e. The number of hydrogen-bond acceptors (Lipinski definition) is 3. The third-order valence-electron chi connectivity index (χ3n) is 2.52. The molecule has 1 rings (SSSR count). The van der Waals surface area contributed by atoms with Crippen LogP contribution in [-0.4, -0.2) is 29.1 Å². The van der Waals surface area contributed by atoms with Gasteiger partial charge in [0.25, 0.3) is 0 Å². The summed E-state index contributed by atoms with van der Waals surface area (Å²) in [6.45, 7) is 6.93. The van der Waals surface area contributed by atoms with Crippen molar-refractivity contribution in [1.29, 1.82) is 0 Å². The van der Waals surface area contributed by atoms with E-state index in [0.717, 1.165) is 17.9 Å². The highest BCUT2D eigenvalue weighted by Gasteiger charge is 2.15. The summed E-state index contributed by atoms with van der Waals surface area (Å²) in [5, 5.41) is 8.87. The second-order valence-corrected chi connectivity index (χ2v) is 3.97. The molecule has 0 aliphatic rings. The number of pyridine rings is 1. The number of hydrogen-bond donors (Lipinski definition) is 1. The quantitative estimate of drug-likeness (QED) is 0.827. The van der Waals surface area contributed by atoms with Crippen LogP contribution in [0.2, 0.25) is 0 Å². The van der Waals surface area contributed by atoms with E-state index in [4.69, 9.17) is 5.11 Å². The van der Waals surface area contributed by atoms with Gasteiger partial charge in [-0.2, -0.15) is 0 Å². The number of aliphatic carboxylic acids is 1. The van der Waals surface area contributed by atoms with Crippen LogP contribution in [0.25, 0.3) is 0 Å². The van der Waals surface area contributed by atoms with E-state index >= 15 is 0 Å². The summed E-state index contributed by atoms with van der Waals surface area (Å²) >= 11 is 0. The maximum Gasteiger partial charge on any atom is 0.308 e. The van der Waals surface area contributed by atoms with E-state index in [2.05, 4.69) is 4.98 Å². The molecule has 88 valence electrons. The largest absolute Gasteiger partial charge is 0.481 e. The maximum absolute atomic E-state index is 10.8. The van der Waals surface area contributed by atoms with Gasteiger partial charge in [0.15, 0.2) is 0 Å². The molecule has 0 saturated carbocycles. The van der Waals surface area contributed by atoms with Crippen molar-refractivity contribution in [2.24, 2.45) is 5.92 Å². The Bertz CT molecular complexity index is 349. The Balaban J connectivity index is 2.74. The van der Waals surface area contributed by atoms with Gasteiger partial charge in [-0.3, -0.25) is 4.79 Å². The van der Waals surface area contributed by atoms with Crippen molar-refractivity contribution in [1.82, 2.24) is 4.98 Å². The molecule has 0 saturated heterocycles. The molecule has 0 aliphatic carbocycles. The van der Waals surface area contributed by atoms with Crippen LogP contribution >= 0.6 is 0 Å². The summed E-state index contributed by atoms with van der Waals surface area (Å²) in [6.07, 6.45) is 1.80. The number of carbonyl (C=O) groups is 1. The molecule has 1 aromatic heterocycles. The van der Waals surface area contributed by atoms with E-state index in [9.17, 15) is 4.79 Å². The van der Waals surface area contributed by atoms with Gasteiger partial charge in [-0.25, -0.2) is 4.98 Å². The summed E-state index contributed by atoms with van der Waals surface area (Å²) in [5.41, 5.74) is 1.10. The first-order valence-electron chi connectivity index (χ1n) is 5.45. The molecule has 0 radical (unpaired) electrons. The van der Waals surface area contributed by atoms with Crippen molar-refractivity contribution in [2.45, 2.75) is 20.8 Å². The molecule has 0 aromatic carbocycles. The summed E-state index contributed by atoms with van der Waals surface area (Å²) in [5.74, 6) is -0.324. The van der Waals surface area contributed by atoms with Crippen molar-refractivity contribution in [3.05, 3.63) is 23.9 Å². The fourth-order valence-corrected chi connectivity index (χ4v) is 1.44. The Kier molecular flexibility index (Phi) is 4.28. The van der Waals surface area contributed by atoms with Gasteiger partial charge in [-0.1, -0.05) is 13.0 Å². The first-order chi connectivity index (χ1) is 7.54. The monoisotopic (exact) mass is 222 g/mol. The third-order valence-corrected chi connectivity index (χ3v) is 2.52.